The van der Waals surface area contributed by atoms with E-state index in [4.69, 9.17) is 0 Å². The number of anilines is 1. The first-order valence-electron chi connectivity index (χ1n) is 5.55. The third kappa shape index (κ3) is 4.65. The Labute approximate surface area is 107 Å². The van der Waals surface area contributed by atoms with E-state index in [0.717, 1.165) is 24.4 Å². The van der Waals surface area contributed by atoms with Gasteiger partial charge in [-0.1, -0.05) is 0 Å². The Hall–Kier alpha value is -1.23. The molecule has 0 unspecified atom stereocenters. The molecule has 0 saturated heterocycles. The molecule has 17 heavy (non-hydrogen) atoms. The van der Waals surface area contributed by atoms with Gasteiger partial charge in [0.05, 0.1) is 0 Å². The van der Waals surface area contributed by atoms with Crippen LogP contribution >= 0.6 is 11.8 Å². The summed E-state index contributed by atoms with van der Waals surface area (Å²) in [6, 6.07) is 3.67. The standard InChI is InChI=1S/C12H19N3OS/c1-15(2)12(16)11-9-10(5-7-14-11)13-6-4-8-17-3/h5,7,9H,4,6,8H2,1-3H3,(H,13,14). The molecular formula is C12H19N3OS. The van der Waals surface area contributed by atoms with Crippen molar-refractivity contribution in [2.24, 2.45) is 0 Å². The maximum Gasteiger partial charge on any atom is 0.272 e. The molecule has 0 atom stereocenters. The van der Waals surface area contributed by atoms with Gasteiger partial charge in [0, 0.05) is 32.5 Å². The van der Waals surface area contributed by atoms with Gasteiger partial charge in [0.15, 0.2) is 0 Å². The van der Waals surface area contributed by atoms with E-state index in [1.807, 2.05) is 17.8 Å². The van der Waals surface area contributed by atoms with E-state index in [2.05, 4.69) is 16.6 Å². The fourth-order valence-corrected chi connectivity index (χ4v) is 1.77. The summed E-state index contributed by atoms with van der Waals surface area (Å²) in [5.74, 6) is 1.07. The molecule has 0 saturated carbocycles. The summed E-state index contributed by atoms with van der Waals surface area (Å²) in [6.45, 7) is 0.917. The largest absolute Gasteiger partial charge is 0.385 e. The molecule has 0 bridgehead atoms. The van der Waals surface area contributed by atoms with Crippen LogP contribution in [0.2, 0.25) is 0 Å². The van der Waals surface area contributed by atoms with E-state index in [9.17, 15) is 4.79 Å². The molecule has 0 aliphatic heterocycles. The van der Waals surface area contributed by atoms with E-state index >= 15 is 0 Å². The van der Waals surface area contributed by atoms with E-state index in [0.29, 0.717) is 5.69 Å². The molecular weight excluding hydrogens is 234 g/mol. The predicted molar refractivity (Wildman–Crippen MR) is 73.7 cm³/mol. The van der Waals surface area contributed by atoms with E-state index in [1.165, 1.54) is 4.90 Å². The second-order valence-corrected chi connectivity index (χ2v) is 4.89. The summed E-state index contributed by atoms with van der Waals surface area (Å²) in [5, 5.41) is 3.29. The molecule has 0 aliphatic carbocycles. The van der Waals surface area contributed by atoms with Gasteiger partial charge in [0.1, 0.15) is 5.69 Å². The van der Waals surface area contributed by atoms with Crippen LogP contribution in [0.4, 0.5) is 5.69 Å². The van der Waals surface area contributed by atoms with Gasteiger partial charge >= 0.3 is 0 Å². The summed E-state index contributed by atoms with van der Waals surface area (Å²) in [7, 11) is 3.45. The van der Waals surface area contributed by atoms with Gasteiger partial charge < -0.3 is 10.2 Å². The highest BCUT2D eigenvalue weighted by Gasteiger charge is 2.09. The van der Waals surface area contributed by atoms with Crippen molar-refractivity contribution in [2.75, 3.05) is 38.0 Å². The van der Waals surface area contributed by atoms with Gasteiger partial charge in [-0.05, 0) is 30.6 Å². The zero-order valence-electron chi connectivity index (χ0n) is 10.6. The minimum absolute atomic E-state index is 0.0715. The molecule has 1 heterocycles. The lowest BCUT2D eigenvalue weighted by atomic mass is 10.3. The number of carbonyl (C=O) groups is 1. The van der Waals surface area contributed by atoms with E-state index in [-0.39, 0.29) is 5.91 Å². The number of amides is 1. The molecule has 5 heteroatoms. The lowest BCUT2D eigenvalue weighted by Gasteiger charge is -2.11. The van der Waals surface area contributed by atoms with Crippen LogP contribution in [0.3, 0.4) is 0 Å². The monoisotopic (exact) mass is 253 g/mol. The van der Waals surface area contributed by atoms with Crippen LogP contribution in [0.15, 0.2) is 18.3 Å². The Bertz CT molecular complexity index is 369. The Morgan fingerprint density at radius 1 is 1.53 bits per heavy atom. The molecule has 4 nitrogen and oxygen atoms in total. The number of aromatic nitrogens is 1. The SMILES string of the molecule is CSCCCNc1ccnc(C(=O)N(C)C)c1. The number of rotatable bonds is 6. The lowest BCUT2D eigenvalue weighted by Crippen LogP contribution is -2.22. The number of nitrogens with zero attached hydrogens (tertiary/aromatic N) is 2. The van der Waals surface area contributed by atoms with Crippen molar-refractivity contribution in [3.63, 3.8) is 0 Å². The Kier molecular flexibility index (Phi) is 5.83. The molecule has 0 aromatic carbocycles. The maximum atomic E-state index is 11.7. The third-order valence-corrected chi connectivity index (χ3v) is 2.94. The van der Waals surface area contributed by atoms with Crippen LogP contribution in [0.1, 0.15) is 16.9 Å². The first-order valence-corrected chi connectivity index (χ1v) is 6.95. The quantitative estimate of drug-likeness (QED) is 0.787. The lowest BCUT2D eigenvalue weighted by molar-refractivity contribution is 0.0822. The van der Waals surface area contributed by atoms with Crippen molar-refractivity contribution in [2.45, 2.75) is 6.42 Å². The topological polar surface area (TPSA) is 45.2 Å². The van der Waals surface area contributed by atoms with Crippen LogP contribution in [0.5, 0.6) is 0 Å². The van der Waals surface area contributed by atoms with E-state index < -0.39 is 0 Å². The molecule has 0 fully saturated rings. The first-order chi connectivity index (χ1) is 8.15. The second kappa shape index (κ2) is 7.17. The normalized spacial score (nSPS) is 10.1. The summed E-state index contributed by atoms with van der Waals surface area (Å²) in [5.41, 5.74) is 1.43. The van der Waals surface area contributed by atoms with Crippen molar-refractivity contribution in [3.05, 3.63) is 24.0 Å². The van der Waals surface area contributed by atoms with Crippen LogP contribution in [0.25, 0.3) is 0 Å². The number of pyridine rings is 1. The molecule has 0 spiro atoms. The molecule has 0 aliphatic rings. The van der Waals surface area contributed by atoms with Crippen LogP contribution < -0.4 is 5.32 Å². The van der Waals surface area contributed by atoms with Crippen LogP contribution in [0, 0.1) is 0 Å². The number of hydrogen-bond acceptors (Lipinski definition) is 4. The second-order valence-electron chi connectivity index (χ2n) is 3.90. The highest BCUT2D eigenvalue weighted by molar-refractivity contribution is 7.98. The van der Waals surface area contributed by atoms with E-state index in [1.54, 1.807) is 26.4 Å². The highest BCUT2D eigenvalue weighted by atomic mass is 32.2. The Morgan fingerprint density at radius 2 is 2.29 bits per heavy atom. The number of thioether (sulfide) groups is 1. The number of hydrogen-bond donors (Lipinski definition) is 1. The van der Waals surface area contributed by atoms with Crippen molar-refractivity contribution in [1.29, 1.82) is 0 Å². The summed E-state index contributed by atoms with van der Waals surface area (Å²) in [6.07, 6.45) is 4.87. The van der Waals surface area contributed by atoms with Gasteiger partial charge in [-0.3, -0.25) is 9.78 Å². The molecule has 1 rings (SSSR count). The molecule has 0 radical (unpaired) electrons. The average molecular weight is 253 g/mol. The van der Waals surface area contributed by atoms with Gasteiger partial charge in [0.2, 0.25) is 0 Å². The van der Waals surface area contributed by atoms with Gasteiger partial charge in [-0.2, -0.15) is 11.8 Å². The fraction of sp³-hybridized carbons (Fsp3) is 0.500. The molecule has 1 amide bonds. The van der Waals surface area contributed by atoms with Crippen molar-refractivity contribution >= 4 is 23.4 Å². The van der Waals surface area contributed by atoms with Crippen LogP contribution in [-0.4, -0.2) is 48.4 Å². The summed E-state index contributed by atoms with van der Waals surface area (Å²) < 4.78 is 0. The Balaban J connectivity index is 2.57. The van der Waals surface area contributed by atoms with Crippen molar-refractivity contribution in [3.8, 4) is 0 Å². The zero-order valence-corrected chi connectivity index (χ0v) is 11.4. The highest BCUT2D eigenvalue weighted by Crippen LogP contribution is 2.09. The average Bonchev–Trinajstić information content (AvgIpc) is 2.34. The zero-order chi connectivity index (χ0) is 12.7. The molecule has 1 N–H and O–H groups in total. The summed E-state index contributed by atoms with van der Waals surface area (Å²) >= 11 is 1.84. The first kappa shape index (κ1) is 13.8. The minimum Gasteiger partial charge on any atom is -0.385 e. The predicted octanol–water partition coefficient (Wildman–Crippen LogP) is 1.95. The van der Waals surface area contributed by atoms with Crippen molar-refractivity contribution < 1.29 is 4.79 Å². The smallest absolute Gasteiger partial charge is 0.272 e. The third-order valence-electron chi connectivity index (χ3n) is 2.24. The maximum absolute atomic E-state index is 11.7. The van der Waals surface area contributed by atoms with Crippen molar-refractivity contribution in [1.82, 2.24) is 9.88 Å². The fourth-order valence-electron chi connectivity index (χ4n) is 1.34. The van der Waals surface area contributed by atoms with Gasteiger partial charge in [0.25, 0.3) is 5.91 Å². The van der Waals surface area contributed by atoms with Crippen LogP contribution in [-0.2, 0) is 0 Å². The van der Waals surface area contributed by atoms with Gasteiger partial charge in [-0.25, -0.2) is 0 Å². The molecule has 1 aromatic rings. The Morgan fingerprint density at radius 3 is 2.94 bits per heavy atom. The molecule has 94 valence electrons. The number of nitrogens with one attached hydrogen (secondary N) is 1. The minimum atomic E-state index is -0.0715. The molecule has 1 aromatic heterocycles. The van der Waals surface area contributed by atoms with Gasteiger partial charge in [-0.15, -0.1) is 0 Å². The summed E-state index contributed by atoms with van der Waals surface area (Å²) in [4.78, 5) is 17.3. The number of carbonyl (C=O) groups excluding carboxylic acids is 1.